The van der Waals surface area contributed by atoms with Crippen LogP contribution in [0.25, 0.3) is 0 Å². The standard InChI is InChI=1S/C12H16N4O3S/c1-19-11-4-2-10(3-5-11)15-20(17,18)12-8-14-16(9-12)7-6-13/h2-5,8-9,15H,6-7,13H2,1H3. The number of methoxy groups -OCH3 is 1. The third-order valence-corrected chi connectivity index (χ3v) is 3.96. The van der Waals surface area contributed by atoms with Gasteiger partial charge in [-0.3, -0.25) is 9.40 Å². The summed E-state index contributed by atoms with van der Waals surface area (Å²) in [6.45, 7) is 0.866. The van der Waals surface area contributed by atoms with Gasteiger partial charge in [-0.05, 0) is 24.3 Å². The third-order valence-electron chi connectivity index (χ3n) is 2.62. The van der Waals surface area contributed by atoms with Crippen molar-refractivity contribution in [3.63, 3.8) is 0 Å². The second kappa shape index (κ2) is 5.93. The molecule has 0 saturated heterocycles. The predicted molar refractivity (Wildman–Crippen MR) is 75.1 cm³/mol. The molecule has 1 heterocycles. The van der Waals surface area contributed by atoms with Gasteiger partial charge in [0.15, 0.2) is 0 Å². The Balaban J connectivity index is 2.16. The Morgan fingerprint density at radius 2 is 2.05 bits per heavy atom. The Bertz CT molecular complexity index is 664. The molecule has 0 aliphatic heterocycles. The number of sulfonamides is 1. The highest BCUT2D eigenvalue weighted by molar-refractivity contribution is 7.92. The highest BCUT2D eigenvalue weighted by Crippen LogP contribution is 2.18. The van der Waals surface area contributed by atoms with Gasteiger partial charge in [-0.1, -0.05) is 0 Å². The molecule has 7 nitrogen and oxygen atoms in total. The van der Waals surface area contributed by atoms with Crippen LogP contribution in [0.4, 0.5) is 5.69 Å². The number of ether oxygens (including phenoxy) is 1. The Labute approximate surface area is 117 Å². The summed E-state index contributed by atoms with van der Waals surface area (Å²) in [6, 6.07) is 6.60. The largest absolute Gasteiger partial charge is 0.497 e. The van der Waals surface area contributed by atoms with Crippen LogP contribution in [0.3, 0.4) is 0 Å². The van der Waals surface area contributed by atoms with Crippen LogP contribution in [-0.4, -0.2) is 31.9 Å². The molecule has 20 heavy (non-hydrogen) atoms. The number of benzene rings is 1. The van der Waals surface area contributed by atoms with Crippen molar-refractivity contribution < 1.29 is 13.2 Å². The SMILES string of the molecule is COc1ccc(NS(=O)(=O)c2cnn(CCN)c2)cc1. The van der Waals surface area contributed by atoms with Gasteiger partial charge < -0.3 is 10.5 Å². The maximum absolute atomic E-state index is 12.1. The van der Waals surface area contributed by atoms with E-state index in [1.165, 1.54) is 17.1 Å². The van der Waals surface area contributed by atoms with Crippen molar-refractivity contribution >= 4 is 15.7 Å². The van der Waals surface area contributed by atoms with E-state index in [0.29, 0.717) is 24.5 Å². The van der Waals surface area contributed by atoms with E-state index in [2.05, 4.69) is 9.82 Å². The molecular weight excluding hydrogens is 280 g/mol. The van der Waals surface area contributed by atoms with Crippen LogP contribution in [0.15, 0.2) is 41.6 Å². The minimum atomic E-state index is -3.65. The number of nitrogens with two attached hydrogens (primary N) is 1. The fraction of sp³-hybridized carbons (Fsp3) is 0.250. The first-order chi connectivity index (χ1) is 9.55. The number of rotatable bonds is 6. The average molecular weight is 296 g/mol. The Morgan fingerprint density at radius 1 is 1.35 bits per heavy atom. The van der Waals surface area contributed by atoms with E-state index >= 15 is 0 Å². The van der Waals surface area contributed by atoms with Gasteiger partial charge in [0, 0.05) is 18.4 Å². The fourth-order valence-corrected chi connectivity index (χ4v) is 2.62. The average Bonchev–Trinajstić information content (AvgIpc) is 2.89. The van der Waals surface area contributed by atoms with Gasteiger partial charge in [0.05, 0.1) is 19.9 Å². The zero-order valence-electron chi connectivity index (χ0n) is 11.0. The van der Waals surface area contributed by atoms with Crippen LogP contribution >= 0.6 is 0 Å². The van der Waals surface area contributed by atoms with Crippen molar-refractivity contribution in [2.75, 3.05) is 18.4 Å². The molecule has 1 aromatic carbocycles. The molecule has 0 unspecified atom stereocenters. The summed E-state index contributed by atoms with van der Waals surface area (Å²) in [5, 5.41) is 3.94. The molecule has 0 atom stereocenters. The van der Waals surface area contributed by atoms with Crippen LogP contribution in [0.1, 0.15) is 0 Å². The third kappa shape index (κ3) is 3.28. The van der Waals surface area contributed by atoms with Crippen LogP contribution in [-0.2, 0) is 16.6 Å². The topological polar surface area (TPSA) is 99.2 Å². The van der Waals surface area contributed by atoms with Crippen molar-refractivity contribution in [3.05, 3.63) is 36.7 Å². The van der Waals surface area contributed by atoms with Crippen LogP contribution in [0.5, 0.6) is 5.75 Å². The smallest absolute Gasteiger partial charge is 0.265 e. The zero-order chi connectivity index (χ0) is 14.6. The number of nitrogens with one attached hydrogen (secondary N) is 1. The highest BCUT2D eigenvalue weighted by atomic mass is 32.2. The van der Waals surface area contributed by atoms with Crippen LogP contribution < -0.4 is 15.2 Å². The van der Waals surface area contributed by atoms with E-state index in [1.807, 2.05) is 0 Å². The van der Waals surface area contributed by atoms with Crippen molar-refractivity contribution in [2.45, 2.75) is 11.4 Å². The monoisotopic (exact) mass is 296 g/mol. The summed E-state index contributed by atoms with van der Waals surface area (Å²) in [7, 11) is -2.10. The van der Waals surface area contributed by atoms with Gasteiger partial charge in [0.1, 0.15) is 10.6 Å². The molecule has 0 spiro atoms. The molecule has 2 aromatic rings. The molecule has 0 fully saturated rings. The lowest BCUT2D eigenvalue weighted by Crippen LogP contribution is -2.13. The van der Waals surface area contributed by atoms with E-state index in [-0.39, 0.29) is 4.90 Å². The summed E-state index contributed by atoms with van der Waals surface area (Å²) in [4.78, 5) is 0.0989. The molecule has 1 aromatic heterocycles. The Kier molecular flexibility index (Phi) is 4.26. The molecule has 2 rings (SSSR count). The van der Waals surface area contributed by atoms with Crippen LogP contribution in [0.2, 0.25) is 0 Å². The molecule has 8 heteroatoms. The molecule has 3 N–H and O–H groups in total. The summed E-state index contributed by atoms with van der Waals surface area (Å²) in [6.07, 6.45) is 2.74. The lowest BCUT2D eigenvalue weighted by molar-refractivity contribution is 0.415. The van der Waals surface area contributed by atoms with Gasteiger partial charge in [0.25, 0.3) is 10.0 Å². The molecule has 108 valence electrons. The van der Waals surface area contributed by atoms with Crippen molar-refractivity contribution in [2.24, 2.45) is 5.73 Å². The van der Waals surface area contributed by atoms with Gasteiger partial charge >= 0.3 is 0 Å². The van der Waals surface area contributed by atoms with E-state index < -0.39 is 10.0 Å². The second-order valence-corrected chi connectivity index (χ2v) is 5.74. The van der Waals surface area contributed by atoms with Crippen molar-refractivity contribution in [3.8, 4) is 5.75 Å². The van der Waals surface area contributed by atoms with Crippen molar-refractivity contribution in [1.82, 2.24) is 9.78 Å². The first-order valence-electron chi connectivity index (χ1n) is 5.94. The normalized spacial score (nSPS) is 11.3. The minimum absolute atomic E-state index is 0.0989. The maximum Gasteiger partial charge on any atom is 0.265 e. The summed E-state index contributed by atoms with van der Waals surface area (Å²) in [5.74, 6) is 0.656. The zero-order valence-corrected chi connectivity index (χ0v) is 11.8. The predicted octanol–water partition coefficient (Wildman–Crippen LogP) is 0.651. The first kappa shape index (κ1) is 14.4. The second-order valence-electron chi connectivity index (χ2n) is 4.06. The molecule has 0 bridgehead atoms. The quantitative estimate of drug-likeness (QED) is 0.815. The van der Waals surface area contributed by atoms with E-state index in [9.17, 15) is 8.42 Å². The van der Waals surface area contributed by atoms with Gasteiger partial charge in [0.2, 0.25) is 0 Å². The molecule has 0 amide bonds. The summed E-state index contributed by atoms with van der Waals surface area (Å²) >= 11 is 0. The molecule has 0 aliphatic rings. The molecule has 0 radical (unpaired) electrons. The van der Waals surface area contributed by atoms with Gasteiger partial charge in [-0.2, -0.15) is 5.10 Å². The van der Waals surface area contributed by atoms with E-state index in [0.717, 1.165) is 0 Å². The minimum Gasteiger partial charge on any atom is -0.497 e. The maximum atomic E-state index is 12.1. The number of nitrogens with zero attached hydrogens (tertiary/aromatic N) is 2. The molecule has 0 saturated carbocycles. The number of anilines is 1. The van der Waals surface area contributed by atoms with E-state index in [4.69, 9.17) is 10.5 Å². The fourth-order valence-electron chi connectivity index (χ4n) is 1.61. The van der Waals surface area contributed by atoms with Crippen molar-refractivity contribution in [1.29, 1.82) is 0 Å². The Hall–Kier alpha value is -2.06. The lowest BCUT2D eigenvalue weighted by atomic mass is 10.3. The van der Waals surface area contributed by atoms with Gasteiger partial charge in [-0.15, -0.1) is 0 Å². The lowest BCUT2D eigenvalue weighted by Gasteiger charge is -2.06. The first-order valence-corrected chi connectivity index (χ1v) is 7.43. The Morgan fingerprint density at radius 3 is 2.65 bits per heavy atom. The highest BCUT2D eigenvalue weighted by Gasteiger charge is 2.16. The number of hydrogen-bond acceptors (Lipinski definition) is 5. The van der Waals surface area contributed by atoms with Crippen LogP contribution in [0, 0.1) is 0 Å². The summed E-state index contributed by atoms with van der Waals surface area (Å²) < 4.78 is 33.3. The molecule has 0 aliphatic carbocycles. The number of aromatic nitrogens is 2. The molecular formula is C12H16N4O3S. The van der Waals surface area contributed by atoms with E-state index in [1.54, 1.807) is 31.4 Å². The van der Waals surface area contributed by atoms with Gasteiger partial charge in [-0.25, -0.2) is 8.42 Å². The summed E-state index contributed by atoms with van der Waals surface area (Å²) in [5.41, 5.74) is 5.85. The number of hydrogen-bond donors (Lipinski definition) is 2.